The molecule has 2 saturated heterocycles. The molecule has 1 aromatic carbocycles. The van der Waals surface area contributed by atoms with Gasteiger partial charge in [-0.25, -0.2) is 14.2 Å². The average molecular weight is 356 g/mol. The average Bonchev–Trinajstić information content (AvgIpc) is 3.38. The second-order valence-corrected chi connectivity index (χ2v) is 7.36. The SMILES string of the molecule is O=C(O[C@@H]1CN2CCC1C2)N1CCn2ccnc2C1c1ccc(F)cc1. The lowest BCUT2D eigenvalue weighted by molar-refractivity contribution is 0.0292. The Hall–Kier alpha value is -2.41. The molecule has 3 unspecified atom stereocenters. The summed E-state index contributed by atoms with van der Waals surface area (Å²) in [5.41, 5.74) is 0.840. The van der Waals surface area contributed by atoms with E-state index in [9.17, 15) is 9.18 Å². The van der Waals surface area contributed by atoms with Gasteiger partial charge in [0.1, 0.15) is 23.8 Å². The number of rotatable bonds is 2. The van der Waals surface area contributed by atoms with Gasteiger partial charge >= 0.3 is 6.09 Å². The number of halogens is 1. The summed E-state index contributed by atoms with van der Waals surface area (Å²) in [6.07, 6.45) is 4.44. The van der Waals surface area contributed by atoms with Crippen LogP contribution in [0.25, 0.3) is 0 Å². The molecule has 2 fully saturated rings. The van der Waals surface area contributed by atoms with Gasteiger partial charge in [-0.2, -0.15) is 0 Å². The molecule has 3 aliphatic heterocycles. The van der Waals surface area contributed by atoms with Crippen LogP contribution in [0, 0.1) is 11.7 Å². The van der Waals surface area contributed by atoms with Crippen LogP contribution >= 0.6 is 0 Å². The minimum absolute atomic E-state index is 0.0215. The molecule has 2 bridgehead atoms. The van der Waals surface area contributed by atoms with Gasteiger partial charge < -0.3 is 9.30 Å². The highest BCUT2D eigenvalue weighted by Gasteiger charge is 2.42. The summed E-state index contributed by atoms with van der Waals surface area (Å²) in [6, 6.07) is 5.92. The number of carbonyl (C=O) groups excluding carboxylic acids is 1. The van der Waals surface area contributed by atoms with Crippen LogP contribution in [0.15, 0.2) is 36.7 Å². The number of aromatic nitrogens is 2. The molecule has 0 saturated carbocycles. The third-order valence-electron chi connectivity index (χ3n) is 5.83. The minimum Gasteiger partial charge on any atom is -0.444 e. The van der Waals surface area contributed by atoms with E-state index in [0.29, 0.717) is 19.0 Å². The molecule has 0 aliphatic carbocycles. The van der Waals surface area contributed by atoms with Gasteiger partial charge in [0.15, 0.2) is 0 Å². The van der Waals surface area contributed by atoms with Gasteiger partial charge in [-0.1, -0.05) is 12.1 Å². The number of hydrogen-bond acceptors (Lipinski definition) is 4. The zero-order chi connectivity index (χ0) is 17.7. The Bertz CT molecular complexity index is 821. The molecule has 1 amide bonds. The van der Waals surface area contributed by atoms with Crippen molar-refractivity contribution in [1.82, 2.24) is 19.4 Å². The van der Waals surface area contributed by atoms with Gasteiger partial charge in [0, 0.05) is 44.5 Å². The van der Waals surface area contributed by atoms with Crippen molar-refractivity contribution in [3.8, 4) is 0 Å². The molecule has 6 nitrogen and oxygen atoms in total. The van der Waals surface area contributed by atoms with Crippen molar-refractivity contribution in [2.45, 2.75) is 25.1 Å². The van der Waals surface area contributed by atoms with Crippen LogP contribution < -0.4 is 0 Å². The van der Waals surface area contributed by atoms with Crippen LogP contribution in [0.3, 0.4) is 0 Å². The maximum atomic E-state index is 13.4. The van der Waals surface area contributed by atoms with Crippen molar-refractivity contribution >= 4 is 6.09 Å². The second-order valence-electron chi connectivity index (χ2n) is 7.36. The number of amides is 1. The van der Waals surface area contributed by atoms with Gasteiger partial charge in [0.05, 0.1) is 0 Å². The number of carbonyl (C=O) groups is 1. The summed E-state index contributed by atoms with van der Waals surface area (Å²) in [4.78, 5) is 21.5. The van der Waals surface area contributed by atoms with Crippen molar-refractivity contribution in [3.63, 3.8) is 0 Å². The van der Waals surface area contributed by atoms with Crippen LogP contribution in [0.2, 0.25) is 0 Å². The van der Waals surface area contributed by atoms with Gasteiger partial charge in [0.25, 0.3) is 0 Å². The molecular formula is C19H21FN4O2. The van der Waals surface area contributed by atoms with E-state index in [0.717, 1.165) is 37.4 Å². The molecule has 1 aromatic heterocycles. The molecule has 0 spiro atoms. The van der Waals surface area contributed by atoms with Crippen LogP contribution in [0.1, 0.15) is 23.9 Å². The lowest BCUT2D eigenvalue weighted by atomic mass is 10.0. The fourth-order valence-electron chi connectivity index (χ4n) is 4.48. The zero-order valence-electron chi connectivity index (χ0n) is 14.4. The van der Waals surface area contributed by atoms with Crippen molar-refractivity contribution < 1.29 is 13.9 Å². The largest absolute Gasteiger partial charge is 0.444 e. The summed E-state index contributed by atoms with van der Waals surface area (Å²) < 4.78 is 21.3. The Morgan fingerprint density at radius 2 is 2.00 bits per heavy atom. The highest BCUT2D eigenvalue weighted by Crippen LogP contribution is 2.34. The molecule has 4 atom stereocenters. The first-order valence-electron chi connectivity index (χ1n) is 9.15. The number of nitrogens with zero attached hydrogens (tertiary/aromatic N) is 4. The lowest BCUT2D eigenvalue weighted by Crippen LogP contribution is -2.45. The quantitative estimate of drug-likeness (QED) is 0.828. The molecule has 0 radical (unpaired) electrons. The molecule has 5 rings (SSSR count). The summed E-state index contributed by atoms with van der Waals surface area (Å²) in [6.45, 7) is 4.20. The monoisotopic (exact) mass is 356 g/mol. The Morgan fingerprint density at radius 1 is 1.15 bits per heavy atom. The molecule has 2 aromatic rings. The first-order chi connectivity index (χ1) is 12.7. The van der Waals surface area contributed by atoms with E-state index in [4.69, 9.17) is 4.74 Å². The summed E-state index contributed by atoms with van der Waals surface area (Å²) in [5.74, 6) is 0.949. The standard InChI is InChI=1S/C19H21FN4O2/c20-15-3-1-13(2-4-15)17-18-21-6-8-23(18)9-10-24(17)19(25)26-16-12-22-7-5-14(16)11-22/h1-4,6,8,14,16-17H,5,7,9-12H2/t14?,16-,17?/m1/s1. The molecule has 26 heavy (non-hydrogen) atoms. The topological polar surface area (TPSA) is 50.6 Å². The normalized spacial score (nSPS) is 29.7. The molecule has 3 aliphatic rings. The number of imidazole rings is 1. The van der Waals surface area contributed by atoms with Crippen molar-refractivity contribution in [3.05, 3.63) is 53.9 Å². The highest BCUT2D eigenvalue weighted by atomic mass is 19.1. The summed E-state index contributed by atoms with van der Waals surface area (Å²) in [7, 11) is 0. The zero-order valence-corrected chi connectivity index (χ0v) is 14.4. The number of benzene rings is 1. The van der Waals surface area contributed by atoms with E-state index in [1.54, 1.807) is 23.2 Å². The van der Waals surface area contributed by atoms with E-state index < -0.39 is 0 Å². The molecule has 4 heterocycles. The van der Waals surface area contributed by atoms with Crippen LogP contribution in [0.4, 0.5) is 9.18 Å². The smallest absolute Gasteiger partial charge is 0.411 e. The molecular weight excluding hydrogens is 335 g/mol. The van der Waals surface area contributed by atoms with E-state index in [1.165, 1.54) is 12.1 Å². The van der Waals surface area contributed by atoms with Gasteiger partial charge in [-0.3, -0.25) is 9.80 Å². The van der Waals surface area contributed by atoms with Gasteiger partial charge in [-0.05, 0) is 30.7 Å². The number of piperidine rings is 1. The molecule has 7 heteroatoms. The van der Waals surface area contributed by atoms with Crippen molar-refractivity contribution in [1.29, 1.82) is 0 Å². The predicted molar refractivity (Wildman–Crippen MR) is 92.0 cm³/mol. The molecule has 136 valence electrons. The second kappa shape index (κ2) is 6.09. The first kappa shape index (κ1) is 15.8. The Morgan fingerprint density at radius 3 is 2.73 bits per heavy atom. The Balaban J connectivity index is 1.42. The van der Waals surface area contributed by atoms with Crippen LogP contribution in [-0.4, -0.2) is 57.7 Å². The van der Waals surface area contributed by atoms with E-state index >= 15 is 0 Å². The third kappa shape index (κ3) is 2.58. The summed E-state index contributed by atoms with van der Waals surface area (Å²) >= 11 is 0. The number of fused-ring (bicyclic) bond motifs is 3. The van der Waals surface area contributed by atoms with Crippen LogP contribution in [0.5, 0.6) is 0 Å². The van der Waals surface area contributed by atoms with E-state index in [2.05, 4.69) is 9.88 Å². The van der Waals surface area contributed by atoms with Gasteiger partial charge in [0.2, 0.25) is 0 Å². The first-order valence-corrected chi connectivity index (χ1v) is 9.15. The minimum atomic E-state index is -0.356. The number of hydrogen-bond donors (Lipinski definition) is 0. The van der Waals surface area contributed by atoms with Crippen LogP contribution in [-0.2, 0) is 11.3 Å². The Labute approximate surface area is 151 Å². The third-order valence-corrected chi connectivity index (χ3v) is 5.83. The highest BCUT2D eigenvalue weighted by molar-refractivity contribution is 5.69. The summed E-state index contributed by atoms with van der Waals surface area (Å²) in [5, 5.41) is 0. The number of ether oxygens (including phenoxy) is 1. The maximum absolute atomic E-state index is 13.4. The van der Waals surface area contributed by atoms with Crippen molar-refractivity contribution in [2.75, 3.05) is 26.2 Å². The van der Waals surface area contributed by atoms with Gasteiger partial charge in [-0.15, -0.1) is 0 Å². The van der Waals surface area contributed by atoms with E-state index in [-0.39, 0.29) is 24.1 Å². The fraction of sp³-hybridized carbons (Fsp3) is 0.474. The lowest BCUT2D eigenvalue weighted by Gasteiger charge is -2.36. The maximum Gasteiger partial charge on any atom is 0.411 e. The van der Waals surface area contributed by atoms with E-state index in [1.807, 2.05) is 10.8 Å². The Kier molecular flexibility index (Phi) is 3.70. The van der Waals surface area contributed by atoms with Crippen molar-refractivity contribution in [2.24, 2.45) is 5.92 Å². The predicted octanol–water partition coefficient (Wildman–Crippen LogP) is 2.27. The fourth-order valence-corrected chi connectivity index (χ4v) is 4.48. The molecule has 0 N–H and O–H groups in total.